The maximum Gasteiger partial charge on any atom is 0.119 e. The van der Waals surface area contributed by atoms with Crippen molar-refractivity contribution in [1.29, 1.82) is 0 Å². The molecule has 1 fully saturated rings. The highest BCUT2D eigenvalue weighted by molar-refractivity contribution is 5.52. The van der Waals surface area contributed by atoms with Gasteiger partial charge in [0.15, 0.2) is 0 Å². The molecular formula is C13H19NO2. The second kappa shape index (κ2) is 4.34. The molecule has 1 aliphatic heterocycles. The van der Waals surface area contributed by atoms with Crippen molar-refractivity contribution in [3.8, 4) is 5.75 Å². The summed E-state index contributed by atoms with van der Waals surface area (Å²) in [6.07, 6.45) is 2.19. The minimum absolute atomic E-state index is 0.103. The summed E-state index contributed by atoms with van der Waals surface area (Å²) in [6.45, 7) is 3.34. The molecule has 0 aliphatic carbocycles. The first-order valence-corrected chi connectivity index (χ1v) is 5.72. The van der Waals surface area contributed by atoms with Crippen LogP contribution in [-0.2, 0) is 0 Å². The molecule has 3 nitrogen and oxygen atoms in total. The van der Waals surface area contributed by atoms with Gasteiger partial charge >= 0.3 is 0 Å². The number of aliphatic hydroxyl groups is 1. The van der Waals surface area contributed by atoms with E-state index in [1.54, 1.807) is 7.11 Å². The van der Waals surface area contributed by atoms with Gasteiger partial charge in [0.05, 0.1) is 19.3 Å². The van der Waals surface area contributed by atoms with E-state index < -0.39 is 0 Å². The van der Waals surface area contributed by atoms with E-state index in [9.17, 15) is 5.11 Å². The van der Waals surface area contributed by atoms with E-state index >= 15 is 0 Å². The molecule has 88 valence electrons. The highest BCUT2D eigenvalue weighted by Gasteiger charge is 2.35. The van der Waals surface area contributed by atoms with Crippen LogP contribution in [0.1, 0.15) is 19.8 Å². The van der Waals surface area contributed by atoms with Crippen molar-refractivity contribution in [2.24, 2.45) is 0 Å². The van der Waals surface area contributed by atoms with Crippen LogP contribution >= 0.6 is 0 Å². The minimum Gasteiger partial charge on any atom is -0.497 e. The van der Waals surface area contributed by atoms with Crippen LogP contribution < -0.4 is 9.64 Å². The van der Waals surface area contributed by atoms with Crippen molar-refractivity contribution in [1.82, 2.24) is 0 Å². The van der Waals surface area contributed by atoms with E-state index in [2.05, 4.69) is 24.0 Å². The number of nitrogens with zero attached hydrogens (tertiary/aromatic N) is 1. The molecule has 16 heavy (non-hydrogen) atoms. The Balaban J connectivity index is 2.23. The number of hydrogen-bond acceptors (Lipinski definition) is 3. The molecule has 0 bridgehead atoms. The largest absolute Gasteiger partial charge is 0.497 e. The summed E-state index contributed by atoms with van der Waals surface area (Å²) in [5, 5.41) is 9.49. The molecule has 0 radical (unpaired) electrons. The number of hydrogen-bond donors (Lipinski definition) is 1. The van der Waals surface area contributed by atoms with Gasteiger partial charge in [0.25, 0.3) is 0 Å². The number of anilines is 1. The van der Waals surface area contributed by atoms with E-state index in [0.29, 0.717) is 0 Å². The molecule has 1 saturated heterocycles. The molecular weight excluding hydrogens is 202 g/mol. The average Bonchev–Trinajstić information content (AvgIpc) is 2.72. The fourth-order valence-electron chi connectivity index (χ4n) is 2.39. The normalized spacial score (nSPS) is 24.8. The van der Waals surface area contributed by atoms with Crippen molar-refractivity contribution >= 4 is 5.69 Å². The van der Waals surface area contributed by atoms with Gasteiger partial charge in [-0.3, -0.25) is 0 Å². The average molecular weight is 221 g/mol. The molecule has 1 unspecified atom stereocenters. The Morgan fingerprint density at radius 2 is 2.06 bits per heavy atom. The first-order chi connectivity index (χ1) is 7.69. The smallest absolute Gasteiger partial charge is 0.119 e. The van der Waals surface area contributed by atoms with Crippen molar-refractivity contribution in [2.45, 2.75) is 25.3 Å². The van der Waals surface area contributed by atoms with E-state index in [1.165, 1.54) is 0 Å². The van der Waals surface area contributed by atoms with Crippen LogP contribution in [0.15, 0.2) is 24.3 Å². The fraction of sp³-hybridized carbons (Fsp3) is 0.538. The lowest BCUT2D eigenvalue weighted by Gasteiger charge is -2.35. The molecule has 1 aliphatic rings. The summed E-state index contributed by atoms with van der Waals surface area (Å²) in [5.41, 5.74) is 1.06. The predicted molar refractivity (Wildman–Crippen MR) is 65.1 cm³/mol. The summed E-state index contributed by atoms with van der Waals surface area (Å²) in [4.78, 5) is 2.28. The number of ether oxygens (including phenoxy) is 1. The fourth-order valence-corrected chi connectivity index (χ4v) is 2.39. The van der Waals surface area contributed by atoms with Gasteiger partial charge in [0.1, 0.15) is 5.75 Å². The van der Waals surface area contributed by atoms with E-state index in [4.69, 9.17) is 4.74 Å². The minimum atomic E-state index is -0.103. The SMILES string of the molecule is COc1ccc(N2CCCC2(C)CO)cc1. The molecule has 3 heteroatoms. The van der Waals surface area contributed by atoms with Crippen LogP contribution in [0.3, 0.4) is 0 Å². The summed E-state index contributed by atoms with van der Waals surface area (Å²) in [5.74, 6) is 0.869. The lowest BCUT2D eigenvalue weighted by atomic mass is 10.00. The second-order valence-corrected chi connectivity index (χ2v) is 4.61. The van der Waals surface area contributed by atoms with Crippen LogP contribution in [0.4, 0.5) is 5.69 Å². The third-order valence-electron chi connectivity index (χ3n) is 3.47. The molecule has 1 N–H and O–H groups in total. The molecule has 0 spiro atoms. The lowest BCUT2D eigenvalue weighted by Crippen LogP contribution is -2.44. The topological polar surface area (TPSA) is 32.7 Å². The van der Waals surface area contributed by atoms with E-state index in [0.717, 1.165) is 30.8 Å². The van der Waals surface area contributed by atoms with Crippen LogP contribution in [-0.4, -0.2) is 30.9 Å². The van der Waals surface area contributed by atoms with Gasteiger partial charge in [0.2, 0.25) is 0 Å². The van der Waals surface area contributed by atoms with Crippen molar-refractivity contribution < 1.29 is 9.84 Å². The zero-order chi connectivity index (χ0) is 11.6. The Labute approximate surface area is 96.6 Å². The molecule has 2 rings (SSSR count). The Morgan fingerprint density at radius 3 is 2.62 bits per heavy atom. The highest BCUT2D eigenvalue weighted by atomic mass is 16.5. The number of aliphatic hydroxyl groups excluding tert-OH is 1. The second-order valence-electron chi connectivity index (χ2n) is 4.61. The predicted octanol–water partition coefficient (Wildman–Crippen LogP) is 2.05. The highest BCUT2D eigenvalue weighted by Crippen LogP contribution is 2.34. The number of methoxy groups -OCH3 is 1. The van der Waals surface area contributed by atoms with Gasteiger partial charge in [-0.1, -0.05) is 0 Å². The van der Waals surface area contributed by atoms with E-state index in [-0.39, 0.29) is 12.1 Å². The van der Waals surface area contributed by atoms with Gasteiger partial charge < -0.3 is 14.7 Å². The Hall–Kier alpha value is -1.22. The lowest BCUT2D eigenvalue weighted by molar-refractivity contribution is 0.210. The molecule has 0 amide bonds. The number of benzene rings is 1. The van der Waals surface area contributed by atoms with Gasteiger partial charge in [-0.15, -0.1) is 0 Å². The van der Waals surface area contributed by atoms with Gasteiger partial charge in [-0.05, 0) is 44.0 Å². The standard InChI is InChI=1S/C13H19NO2/c1-13(10-15)8-3-9-14(13)11-4-6-12(16-2)7-5-11/h4-7,15H,3,8-10H2,1-2H3. The summed E-state index contributed by atoms with van der Waals surface area (Å²) < 4.78 is 5.14. The summed E-state index contributed by atoms with van der Waals surface area (Å²) >= 11 is 0. The Morgan fingerprint density at radius 1 is 1.38 bits per heavy atom. The molecule has 1 heterocycles. The first-order valence-electron chi connectivity index (χ1n) is 5.72. The van der Waals surface area contributed by atoms with Gasteiger partial charge in [-0.2, -0.15) is 0 Å². The van der Waals surface area contributed by atoms with E-state index in [1.807, 2.05) is 12.1 Å². The monoisotopic (exact) mass is 221 g/mol. The summed E-state index contributed by atoms with van der Waals surface area (Å²) in [7, 11) is 1.67. The third kappa shape index (κ3) is 1.87. The van der Waals surface area contributed by atoms with Crippen LogP contribution in [0.2, 0.25) is 0 Å². The van der Waals surface area contributed by atoms with Gasteiger partial charge in [0, 0.05) is 12.2 Å². The number of rotatable bonds is 3. The molecule has 0 saturated carbocycles. The quantitative estimate of drug-likeness (QED) is 0.848. The third-order valence-corrected chi connectivity index (χ3v) is 3.47. The Kier molecular flexibility index (Phi) is 3.06. The van der Waals surface area contributed by atoms with Crippen LogP contribution in [0.5, 0.6) is 5.75 Å². The van der Waals surface area contributed by atoms with Crippen molar-refractivity contribution in [3.05, 3.63) is 24.3 Å². The zero-order valence-electron chi connectivity index (χ0n) is 9.94. The maximum atomic E-state index is 9.49. The van der Waals surface area contributed by atoms with Crippen molar-refractivity contribution in [2.75, 3.05) is 25.2 Å². The molecule has 1 atom stereocenters. The first kappa shape index (κ1) is 11.3. The van der Waals surface area contributed by atoms with Crippen LogP contribution in [0.25, 0.3) is 0 Å². The van der Waals surface area contributed by atoms with Crippen molar-refractivity contribution in [3.63, 3.8) is 0 Å². The Bertz CT molecular complexity index is 349. The van der Waals surface area contributed by atoms with Crippen LogP contribution in [0, 0.1) is 0 Å². The molecule has 1 aromatic rings. The molecule has 0 aromatic heterocycles. The zero-order valence-corrected chi connectivity index (χ0v) is 9.94. The summed E-state index contributed by atoms with van der Waals surface area (Å²) in [6, 6.07) is 8.03. The molecule has 1 aromatic carbocycles. The maximum absolute atomic E-state index is 9.49. The van der Waals surface area contributed by atoms with Gasteiger partial charge in [-0.25, -0.2) is 0 Å².